The van der Waals surface area contributed by atoms with Gasteiger partial charge in [0.2, 0.25) is 0 Å². The van der Waals surface area contributed by atoms with Crippen LogP contribution in [-0.4, -0.2) is 6.61 Å². The number of hydrogen-bond donors (Lipinski definition) is 2. The van der Waals surface area contributed by atoms with E-state index >= 15 is 0 Å². The Bertz CT molecular complexity index is 648. The number of nitrogens with two attached hydrogens (primary N) is 1. The number of hydrazine groups is 1. The maximum atomic E-state index is 6.37. The van der Waals surface area contributed by atoms with E-state index in [1.54, 1.807) is 0 Å². The minimum Gasteiger partial charge on any atom is -0.493 e. The molecule has 2 aromatic carbocycles. The summed E-state index contributed by atoms with van der Waals surface area (Å²) in [5.74, 6) is 6.71. The molecule has 3 nitrogen and oxygen atoms in total. The average Bonchev–Trinajstić information content (AvgIpc) is 2.92. The maximum absolute atomic E-state index is 6.37. The van der Waals surface area contributed by atoms with E-state index in [1.165, 1.54) is 5.56 Å². The van der Waals surface area contributed by atoms with Crippen LogP contribution in [-0.2, 0) is 6.42 Å². The minimum atomic E-state index is -0.147. The molecule has 0 amide bonds. The number of benzene rings is 2. The van der Waals surface area contributed by atoms with Crippen molar-refractivity contribution in [1.82, 2.24) is 5.43 Å². The summed E-state index contributed by atoms with van der Waals surface area (Å²) in [4.78, 5) is 0. The summed E-state index contributed by atoms with van der Waals surface area (Å²) in [6, 6.07) is 11.8. The summed E-state index contributed by atoms with van der Waals surface area (Å²) in [6.07, 6.45) is 0.937. The van der Waals surface area contributed by atoms with E-state index < -0.39 is 0 Å². The van der Waals surface area contributed by atoms with Crippen LogP contribution in [0.5, 0.6) is 5.75 Å². The molecule has 3 N–H and O–H groups in total. The zero-order valence-corrected chi connectivity index (χ0v) is 13.0. The molecule has 1 heterocycles. The molecule has 0 saturated heterocycles. The van der Waals surface area contributed by atoms with Crippen molar-refractivity contribution in [3.63, 3.8) is 0 Å². The number of ether oxygens (including phenoxy) is 1. The van der Waals surface area contributed by atoms with Gasteiger partial charge in [0, 0.05) is 10.9 Å². The second kappa shape index (κ2) is 5.74. The maximum Gasteiger partial charge on any atom is 0.122 e. The first kappa shape index (κ1) is 13.9. The summed E-state index contributed by atoms with van der Waals surface area (Å²) in [7, 11) is 0. The van der Waals surface area contributed by atoms with E-state index in [4.69, 9.17) is 22.2 Å². The normalized spacial score (nSPS) is 14.8. The molecule has 20 heavy (non-hydrogen) atoms. The Labute approximate surface area is 131 Å². The summed E-state index contributed by atoms with van der Waals surface area (Å²) in [5, 5.41) is 0.673. The first-order chi connectivity index (χ1) is 9.70. The molecule has 2 aromatic rings. The van der Waals surface area contributed by atoms with Crippen molar-refractivity contribution in [1.29, 1.82) is 0 Å². The minimum absolute atomic E-state index is 0.147. The van der Waals surface area contributed by atoms with Gasteiger partial charge in [0.05, 0.1) is 17.7 Å². The van der Waals surface area contributed by atoms with Crippen LogP contribution in [0.3, 0.4) is 0 Å². The zero-order chi connectivity index (χ0) is 14.1. The average molecular weight is 354 g/mol. The van der Waals surface area contributed by atoms with Gasteiger partial charge in [-0.2, -0.15) is 0 Å². The smallest absolute Gasteiger partial charge is 0.122 e. The Morgan fingerprint density at radius 1 is 1.30 bits per heavy atom. The Morgan fingerprint density at radius 3 is 2.95 bits per heavy atom. The van der Waals surface area contributed by atoms with Gasteiger partial charge >= 0.3 is 0 Å². The molecule has 1 aliphatic rings. The van der Waals surface area contributed by atoms with Crippen molar-refractivity contribution in [2.45, 2.75) is 12.5 Å². The first-order valence-electron chi connectivity index (χ1n) is 6.36. The third-order valence-electron chi connectivity index (χ3n) is 3.51. The molecule has 0 radical (unpaired) electrons. The van der Waals surface area contributed by atoms with Gasteiger partial charge in [-0.25, -0.2) is 5.43 Å². The van der Waals surface area contributed by atoms with E-state index in [0.717, 1.165) is 34.4 Å². The van der Waals surface area contributed by atoms with Crippen molar-refractivity contribution >= 4 is 27.5 Å². The zero-order valence-electron chi connectivity index (χ0n) is 10.7. The lowest BCUT2D eigenvalue weighted by atomic mass is 9.97. The highest BCUT2D eigenvalue weighted by molar-refractivity contribution is 9.10. The van der Waals surface area contributed by atoms with Gasteiger partial charge in [-0.1, -0.05) is 35.9 Å². The lowest BCUT2D eigenvalue weighted by molar-refractivity contribution is 0.357. The topological polar surface area (TPSA) is 47.3 Å². The van der Waals surface area contributed by atoms with E-state index in [0.29, 0.717) is 5.02 Å². The fourth-order valence-electron chi connectivity index (χ4n) is 2.50. The quantitative estimate of drug-likeness (QED) is 0.655. The molecule has 3 rings (SSSR count). The highest BCUT2D eigenvalue weighted by Gasteiger charge is 2.20. The third-order valence-corrected chi connectivity index (χ3v) is 4.82. The fourth-order valence-corrected chi connectivity index (χ4v) is 3.11. The van der Waals surface area contributed by atoms with Crippen molar-refractivity contribution in [3.05, 3.63) is 62.6 Å². The van der Waals surface area contributed by atoms with Crippen LogP contribution >= 0.6 is 27.5 Å². The van der Waals surface area contributed by atoms with Crippen LogP contribution in [0.1, 0.15) is 22.7 Å². The van der Waals surface area contributed by atoms with Crippen molar-refractivity contribution < 1.29 is 4.74 Å². The van der Waals surface area contributed by atoms with Gasteiger partial charge in [-0.3, -0.25) is 5.84 Å². The van der Waals surface area contributed by atoms with E-state index in [1.807, 2.05) is 30.3 Å². The Morgan fingerprint density at radius 2 is 2.15 bits per heavy atom. The molecule has 0 fully saturated rings. The number of fused-ring (bicyclic) bond motifs is 1. The molecule has 5 heteroatoms. The molecule has 1 unspecified atom stereocenters. The standard InChI is InChI=1S/C15H14BrClN2O/c16-12-3-1-2-11(14(12)17)15(19-18)10-4-5-13-9(8-10)6-7-20-13/h1-5,8,15,19H,6-7,18H2. The van der Waals surface area contributed by atoms with Crippen LogP contribution in [0.2, 0.25) is 5.02 Å². The molecule has 104 valence electrons. The fraction of sp³-hybridized carbons (Fsp3) is 0.200. The van der Waals surface area contributed by atoms with Crippen molar-refractivity contribution in [3.8, 4) is 5.75 Å². The summed E-state index contributed by atoms with van der Waals surface area (Å²) in [6.45, 7) is 0.747. The molecule has 1 atom stereocenters. The third kappa shape index (κ3) is 2.44. The summed E-state index contributed by atoms with van der Waals surface area (Å²) in [5.41, 5.74) is 6.09. The Hall–Kier alpha value is -1.07. The van der Waals surface area contributed by atoms with Crippen LogP contribution in [0, 0.1) is 0 Å². The van der Waals surface area contributed by atoms with Crippen LogP contribution in [0.15, 0.2) is 40.9 Å². The van der Waals surface area contributed by atoms with E-state index in [9.17, 15) is 0 Å². The van der Waals surface area contributed by atoms with Gasteiger partial charge < -0.3 is 4.74 Å². The first-order valence-corrected chi connectivity index (χ1v) is 7.53. The second-order valence-electron chi connectivity index (χ2n) is 4.71. The Kier molecular flexibility index (Phi) is 3.98. The predicted octanol–water partition coefficient (Wildman–Crippen LogP) is 3.59. The molecule has 0 spiro atoms. The molecule has 0 saturated carbocycles. The number of rotatable bonds is 3. The molecular weight excluding hydrogens is 340 g/mol. The van der Waals surface area contributed by atoms with Crippen molar-refractivity contribution in [2.75, 3.05) is 6.61 Å². The highest BCUT2D eigenvalue weighted by Crippen LogP contribution is 2.35. The summed E-state index contributed by atoms with van der Waals surface area (Å²) >= 11 is 9.81. The SMILES string of the molecule is NNC(c1ccc2c(c1)CCO2)c1cccc(Br)c1Cl. The highest BCUT2D eigenvalue weighted by atomic mass is 79.9. The number of halogens is 2. The molecule has 0 aliphatic carbocycles. The van der Waals surface area contributed by atoms with Crippen LogP contribution in [0.25, 0.3) is 0 Å². The predicted molar refractivity (Wildman–Crippen MR) is 84.0 cm³/mol. The lowest BCUT2D eigenvalue weighted by Crippen LogP contribution is -2.29. The van der Waals surface area contributed by atoms with Crippen LogP contribution < -0.4 is 16.0 Å². The molecule has 1 aliphatic heterocycles. The van der Waals surface area contributed by atoms with Crippen LogP contribution in [0.4, 0.5) is 0 Å². The monoisotopic (exact) mass is 352 g/mol. The van der Waals surface area contributed by atoms with Crippen molar-refractivity contribution in [2.24, 2.45) is 5.84 Å². The second-order valence-corrected chi connectivity index (χ2v) is 5.94. The number of nitrogens with one attached hydrogen (secondary N) is 1. The number of hydrogen-bond acceptors (Lipinski definition) is 3. The Balaban J connectivity index is 2.03. The largest absolute Gasteiger partial charge is 0.493 e. The molecule has 0 bridgehead atoms. The van der Waals surface area contributed by atoms with Gasteiger partial charge in [-0.15, -0.1) is 0 Å². The van der Waals surface area contributed by atoms with Gasteiger partial charge in [0.1, 0.15) is 5.75 Å². The van der Waals surface area contributed by atoms with Gasteiger partial charge in [0.15, 0.2) is 0 Å². The van der Waals surface area contributed by atoms with E-state index in [2.05, 4.69) is 27.4 Å². The van der Waals surface area contributed by atoms with Gasteiger partial charge in [0.25, 0.3) is 0 Å². The summed E-state index contributed by atoms with van der Waals surface area (Å²) < 4.78 is 6.39. The van der Waals surface area contributed by atoms with E-state index in [-0.39, 0.29) is 6.04 Å². The van der Waals surface area contributed by atoms with Gasteiger partial charge in [-0.05, 0) is 44.8 Å². The molecular formula is C15H14BrClN2O. The molecule has 0 aromatic heterocycles. The lowest BCUT2D eigenvalue weighted by Gasteiger charge is -2.19.